The Bertz CT molecular complexity index is 608. The van der Waals surface area contributed by atoms with E-state index in [2.05, 4.69) is 15.0 Å². The summed E-state index contributed by atoms with van der Waals surface area (Å²) in [7, 11) is 0. The van der Waals surface area contributed by atoms with Crippen LogP contribution in [-0.2, 0) is 0 Å². The second-order valence-electron chi connectivity index (χ2n) is 3.95. The summed E-state index contributed by atoms with van der Waals surface area (Å²) in [6.45, 7) is 0. The number of aliphatic hydroxyl groups is 1. The summed E-state index contributed by atoms with van der Waals surface area (Å²) in [6, 6.07) is 0.0281. The molecule has 0 radical (unpaired) electrons. The normalized spacial score (nSPS) is 23.6. The minimum atomic E-state index is -0.424. The van der Waals surface area contributed by atoms with Crippen molar-refractivity contribution in [1.29, 1.82) is 0 Å². The minimum absolute atomic E-state index is 0.0281. The van der Waals surface area contributed by atoms with E-state index in [9.17, 15) is 5.11 Å². The number of aliphatic hydroxyl groups excluding tert-OH is 1. The number of halogens is 1. The van der Waals surface area contributed by atoms with Crippen LogP contribution in [0, 0.1) is 0 Å². The highest BCUT2D eigenvalue weighted by atomic mass is 35.5. The number of allylic oxidation sites excluding steroid dienone is 1. The Hall–Kier alpha value is -1.66. The number of aromatic nitrogens is 4. The average molecular weight is 252 g/mol. The first-order valence-corrected chi connectivity index (χ1v) is 5.55. The highest BCUT2D eigenvalue weighted by Gasteiger charge is 2.21. The van der Waals surface area contributed by atoms with Gasteiger partial charge in [0.15, 0.2) is 10.8 Å². The third kappa shape index (κ3) is 1.65. The van der Waals surface area contributed by atoms with Crippen LogP contribution in [0.15, 0.2) is 18.5 Å². The third-order valence-corrected chi connectivity index (χ3v) is 3.06. The highest BCUT2D eigenvalue weighted by molar-refractivity contribution is 6.33. The molecule has 17 heavy (non-hydrogen) atoms. The van der Waals surface area contributed by atoms with Crippen LogP contribution >= 0.6 is 11.6 Å². The van der Waals surface area contributed by atoms with Gasteiger partial charge in [-0.25, -0.2) is 4.98 Å². The Morgan fingerprint density at radius 3 is 2.94 bits per heavy atom. The Morgan fingerprint density at radius 2 is 2.24 bits per heavy atom. The molecule has 0 fully saturated rings. The molecule has 0 aliphatic heterocycles. The first-order valence-electron chi connectivity index (χ1n) is 5.17. The Balaban J connectivity index is 2.15. The Kier molecular flexibility index (Phi) is 2.27. The SMILES string of the molecule is Nc1nc(Cl)c2ncn(C3C=CC(O)C3)c2n1. The van der Waals surface area contributed by atoms with E-state index in [0.29, 0.717) is 17.6 Å². The van der Waals surface area contributed by atoms with Crippen molar-refractivity contribution in [3.63, 3.8) is 0 Å². The number of nitrogens with two attached hydrogens (primary N) is 1. The van der Waals surface area contributed by atoms with E-state index < -0.39 is 6.10 Å². The molecule has 3 rings (SSSR count). The quantitative estimate of drug-likeness (QED) is 0.581. The van der Waals surface area contributed by atoms with Crippen LogP contribution in [0.1, 0.15) is 12.5 Å². The molecule has 2 heterocycles. The van der Waals surface area contributed by atoms with Gasteiger partial charge in [-0.1, -0.05) is 23.8 Å². The third-order valence-electron chi connectivity index (χ3n) is 2.79. The monoisotopic (exact) mass is 251 g/mol. The molecular weight excluding hydrogens is 242 g/mol. The predicted molar refractivity (Wildman–Crippen MR) is 63.5 cm³/mol. The number of rotatable bonds is 1. The lowest BCUT2D eigenvalue weighted by atomic mass is 10.2. The molecule has 1 aliphatic carbocycles. The van der Waals surface area contributed by atoms with E-state index in [1.165, 1.54) is 0 Å². The molecule has 2 unspecified atom stereocenters. The first-order chi connectivity index (χ1) is 8.15. The largest absolute Gasteiger partial charge is 0.389 e. The van der Waals surface area contributed by atoms with Gasteiger partial charge >= 0.3 is 0 Å². The summed E-state index contributed by atoms with van der Waals surface area (Å²) >= 11 is 5.94. The van der Waals surface area contributed by atoms with Crippen molar-refractivity contribution in [2.45, 2.75) is 18.6 Å². The number of nitrogens with zero attached hydrogens (tertiary/aromatic N) is 4. The van der Waals surface area contributed by atoms with Gasteiger partial charge in [0.2, 0.25) is 5.95 Å². The van der Waals surface area contributed by atoms with Crippen molar-refractivity contribution in [3.05, 3.63) is 23.6 Å². The molecule has 2 aromatic rings. The Morgan fingerprint density at radius 1 is 1.41 bits per heavy atom. The van der Waals surface area contributed by atoms with Crippen LogP contribution in [0.5, 0.6) is 0 Å². The van der Waals surface area contributed by atoms with Crippen molar-refractivity contribution in [2.24, 2.45) is 0 Å². The van der Waals surface area contributed by atoms with Crippen molar-refractivity contribution < 1.29 is 5.11 Å². The Labute approximate surface area is 102 Å². The molecule has 7 heteroatoms. The first kappa shape index (κ1) is 10.5. The molecule has 0 amide bonds. The number of nitrogen functional groups attached to an aromatic ring is 1. The van der Waals surface area contributed by atoms with Crippen LogP contribution in [-0.4, -0.2) is 30.7 Å². The number of hydrogen-bond acceptors (Lipinski definition) is 5. The van der Waals surface area contributed by atoms with Gasteiger partial charge in [-0.05, 0) is 0 Å². The maximum Gasteiger partial charge on any atom is 0.223 e. The topological polar surface area (TPSA) is 89.8 Å². The van der Waals surface area contributed by atoms with Crippen LogP contribution in [0.3, 0.4) is 0 Å². The standard InChI is InChI=1S/C10H10ClN5O/c11-8-7-9(15-10(12)14-8)16(4-13-7)5-1-2-6(17)3-5/h1-2,4-6,17H,3H2,(H2,12,14,15). The number of hydrogen-bond donors (Lipinski definition) is 2. The lowest BCUT2D eigenvalue weighted by Crippen LogP contribution is -2.08. The molecular formula is C10H10ClN5O. The molecule has 2 atom stereocenters. The fraction of sp³-hybridized carbons (Fsp3) is 0.300. The van der Waals surface area contributed by atoms with E-state index >= 15 is 0 Å². The molecule has 2 aromatic heterocycles. The molecule has 0 aromatic carbocycles. The van der Waals surface area contributed by atoms with Gasteiger partial charge in [-0.2, -0.15) is 9.97 Å². The fourth-order valence-corrected chi connectivity index (χ4v) is 2.23. The summed E-state index contributed by atoms with van der Waals surface area (Å²) in [5.41, 5.74) is 6.68. The number of imidazole rings is 1. The molecule has 0 spiro atoms. The fourth-order valence-electron chi connectivity index (χ4n) is 2.01. The van der Waals surface area contributed by atoms with E-state index in [-0.39, 0.29) is 17.1 Å². The van der Waals surface area contributed by atoms with Crippen LogP contribution in [0.25, 0.3) is 11.2 Å². The molecule has 0 saturated carbocycles. The van der Waals surface area contributed by atoms with Gasteiger partial charge < -0.3 is 15.4 Å². The van der Waals surface area contributed by atoms with E-state index in [0.717, 1.165) is 0 Å². The van der Waals surface area contributed by atoms with Gasteiger partial charge in [0.1, 0.15) is 5.52 Å². The smallest absolute Gasteiger partial charge is 0.223 e. The molecule has 0 bridgehead atoms. The highest BCUT2D eigenvalue weighted by Crippen LogP contribution is 2.28. The second kappa shape index (κ2) is 3.68. The van der Waals surface area contributed by atoms with Crippen molar-refractivity contribution >= 4 is 28.7 Å². The average Bonchev–Trinajstić information content (AvgIpc) is 2.83. The molecule has 6 nitrogen and oxygen atoms in total. The predicted octanol–water partition coefficient (Wildman–Crippen LogP) is 0.924. The zero-order valence-corrected chi connectivity index (χ0v) is 9.54. The number of fused-ring (bicyclic) bond motifs is 1. The maximum absolute atomic E-state index is 9.48. The van der Waals surface area contributed by atoms with E-state index in [1.807, 2.05) is 10.6 Å². The summed E-state index contributed by atoms with van der Waals surface area (Å²) in [5.74, 6) is 0.117. The molecule has 0 saturated heterocycles. The molecule has 3 N–H and O–H groups in total. The van der Waals surface area contributed by atoms with E-state index in [1.54, 1.807) is 12.4 Å². The molecule has 1 aliphatic rings. The van der Waals surface area contributed by atoms with Gasteiger partial charge in [-0.3, -0.25) is 0 Å². The summed E-state index contributed by atoms with van der Waals surface area (Å²) in [6.07, 6.45) is 5.48. The van der Waals surface area contributed by atoms with Crippen molar-refractivity contribution in [3.8, 4) is 0 Å². The van der Waals surface area contributed by atoms with Gasteiger partial charge in [0, 0.05) is 6.42 Å². The van der Waals surface area contributed by atoms with Crippen LogP contribution < -0.4 is 5.73 Å². The van der Waals surface area contributed by atoms with E-state index in [4.69, 9.17) is 17.3 Å². The van der Waals surface area contributed by atoms with Crippen LogP contribution in [0.4, 0.5) is 5.95 Å². The van der Waals surface area contributed by atoms with Crippen molar-refractivity contribution in [2.75, 3.05) is 5.73 Å². The second-order valence-corrected chi connectivity index (χ2v) is 4.31. The maximum atomic E-state index is 9.48. The number of anilines is 1. The van der Waals surface area contributed by atoms with Crippen molar-refractivity contribution in [1.82, 2.24) is 19.5 Å². The minimum Gasteiger partial charge on any atom is -0.389 e. The zero-order valence-electron chi connectivity index (χ0n) is 8.79. The van der Waals surface area contributed by atoms with Gasteiger partial charge in [-0.15, -0.1) is 0 Å². The zero-order chi connectivity index (χ0) is 12.0. The summed E-state index contributed by atoms with van der Waals surface area (Å²) in [4.78, 5) is 12.1. The van der Waals surface area contributed by atoms with Gasteiger partial charge in [0.05, 0.1) is 18.5 Å². The lowest BCUT2D eigenvalue weighted by molar-refractivity contribution is 0.211. The summed E-state index contributed by atoms with van der Waals surface area (Å²) in [5, 5.41) is 9.72. The lowest BCUT2D eigenvalue weighted by Gasteiger charge is -2.11. The molecule has 88 valence electrons. The van der Waals surface area contributed by atoms with Crippen LogP contribution in [0.2, 0.25) is 5.15 Å². The van der Waals surface area contributed by atoms with Gasteiger partial charge in [0.25, 0.3) is 0 Å². The summed E-state index contributed by atoms with van der Waals surface area (Å²) < 4.78 is 1.84.